The molecule has 0 spiro atoms. The third-order valence-electron chi connectivity index (χ3n) is 3.52. The second kappa shape index (κ2) is 4.70. The van der Waals surface area contributed by atoms with E-state index >= 15 is 0 Å². The highest BCUT2D eigenvalue weighted by Gasteiger charge is 2.25. The lowest BCUT2D eigenvalue weighted by Gasteiger charge is -2.24. The minimum absolute atomic E-state index is 0.238. The minimum Gasteiger partial charge on any atom is -0.497 e. The summed E-state index contributed by atoms with van der Waals surface area (Å²) < 4.78 is 16.9. The van der Waals surface area contributed by atoms with Gasteiger partial charge < -0.3 is 19.2 Å². The fourth-order valence-electron chi connectivity index (χ4n) is 2.44. The number of H-pyrrole nitrogens is 1. The Kier molecular flexibility index (Phi) is 2.70. The van der Waals surface area contributed by atoms with E-state index in [4.69, 9.17) is 14.2 Å². The number of para-hydroxylation sites is 2. The number of ether oxygens (including phenoxy) is 3. The first-order valence-corrected chi connectivity index (χ1v) is 6.75. The summed E-state index contributed by atoms with van der Waals surface area (Å²) in [6.07, 6.45) is -0.238. The van der Waals surface area contributed by atoms with E-state index in [1.165, 1.54) is 0 Å². The molecule has 4 rings (SSSR count). The molecule has 1 atom stereocenters. The van der Waals surface area contributed by atoms with Gasteiger partial charge in [-0.15, -0.1) is 0 Å². The topological polar surface area (TPSA) is 56.4 Å². The van der Waals surface area contributed by atoms with Crippen molar-refractivity contribution in [1.29, 1.82) is 0 Å². The second-order valence-corrected chi connectivity index (χ2v) is 4.87. The molecule has 2 aromatic carbocycles. The zero-order valence-corrected chi connectivity index (χ0v) is 11.5. The van der Waals surface area contributed by atoms with Gasteiger partial charge in [-0.1, -0.05) is 12.1 Å². The maximum absolute atomic E-state index is 5.95. The van der Waals surface area contributed by atoms with Crippen LogP contribution < -0.4 is 14.2 Å². The summed E-state index contributed by atoms with van der Waals surface area (Å²) in [5.41, 5.74) is 1.81. The Labute approximate surface area is 121 Å². The van der Waals surface area contributed by atoms with Crippen LogP contribution in [0.25, 0.3) is 11.0 Å². The highest BCUT2D eigenvalue weighted by atomic mass is 16.6. The molecule has 0 amide bonds. The first-order valence-electron chi connectivity index (χ1n) is 6.75. The van der Waals surface area contributed by atoms with Crippen molar-refractivity contribution in [3.63, 3.8) is 0 Å². The van der Waals surface area contributed by atoms with Crippen LogP contribution in [0.4, 0.5) is 0 Å². The van der Waals surface area contributed by atoms with E-state index in [2.05, 4.69) is 9.97 Å². The molecule has 21 heavy (non-hydrogen) atoms. The van der Waals surface area contributed by atoms with Gasteiger partial charge in [0.25, 0.3) is 0 Å². The van der Waals surface area contributed by atoms with Gasteiger partial charge in [0, 0.05) is 6.07 Å². The van der Waals surface area contributed by atoms with Gasteiger partial charge in [0.1, 0.15) is 12.4 Å². The Morgan fingerprint density at radius 3 is 2.90 bits per heavy atom. The molecule has 2 heterocycles. The first-order chi connectivity index (χ1) is 10.3. The molecule has 0 radical (unpaired) electrons. The molecule has 3 aromatic rings. The summed E-state index contributed by atoms with van der Waals surface area (Å²) in [7, 11) is 1.64. The summed E-state index contributed by atoms with van der Waals surface area (Å²) in [4.78, 5) is 7.85. The van der Waals surface area contributed by atoms with Crippen molar-refractivity contribution in [2.45, 2.75) is 6.10 Å². The van der Waals surface area contributed by atoms with Gasteiger partial charge in [-0.25, -0.2) is 4.98 Å². The lowest BCUT2D eigenvalue weighted by atomic mass is 10.2. The lowest BCUT2D eigenvalue weighted by molar-refractivity contribution is 0.0859. The number of nitrogens with zero attached hydrogens (tertiary/aromatic N) is 1. The molecule has 0 saturated heterocycles. The summed E-state index contributed by atoms with van der Waals surface area (Å²) in [5, 5.41) is 0. The van der Waals surface area contributed by atoms with Gasteiger partial charge in [-0.05, 0) is 24.3 Å². The molecule has 1 unspecified atom stereocenters. The highest BCUT2D eigenvalue weighted by molar-refractivity contribution is 5.76. The normalized spacial score (nSPS) is 16.9. The van der Waals surface area contributed by atoms with Crippen molar-refractivity contribution < 1.29 is 14.2 Å². The van der Waals surface area contributed by atoms with E-state index in [0.717, 1.165) is 34.1 Å². The van der Waals surface area contributed by atoms with Gasteiger partial charge in [-0.3, -0.25) is 0 Å². The molecular formula is C16H14N2O3. The first kappa shape index (κ1) is 12.1. The lowest BCUT2D eigenvalue weighted by Crippen LogP contribution is -2.22. The van der Waals surface area contributed by atoms with Gasteiger partial charge in [0.05, 0.1) is 18.1 Å². The molecular weight excluding hydrogens is 268 g/mol. The standard InChI is InChI=1S/C16H14N2O3/c1-19-10-6-7-11-12(8-10)18-16(17-11)15-9-20-13-4-2-3-5-14(13)21-15/h2-8,15H,9H2,1H3,(H,17,18). The summed E-state index contributed by atoms with van der Waals surface area (Å²) in [5.74, 6) is 3.05. The van der Waals surface area contributed by atoms with Gasteiger partial charge in [0.15, 0.2) is 23.4 Å². The Balaban J connectivity index is 1.68. The van der Waals surface area contributed by atoms with Crippen molar-refractivity contribution in [3.05, 3.63) is 48.3 Å². The number of aromatic amines is 1. The van der Waals surface area contributed by atoms with Crippen LogP contribution in [0.5, 0.6) is 17.2 Å². The van der Waals surface area contributed by atoms with E-state index in [9.17, 15) is 0 Å². The third-order valence-corrected chi connectivity index (χ3v) is 3.52. The number of hydrogen-bond donors (Lipinski definition) is 1. The predicted octanol–water partition coefficient (Wildman–Crippen LogP) is 3.08. The quantitative estimate of drug-likeness (QED) is 0.784. The molecule has 1 aliphatic heterocycles. The minimum atomic E-state index is -0.238. The molecule has 0 bridgehead atoms. The number of hydrogen-bond acceptors (Lipinski definition) is 4. The second-order valence-electron chi connectivity index (χ2n) is 4.87. The number of benzene rings is 2. The van der Waals surface area contributed by atoms with Crippen LogP contribution in [-0.2, 0) is 0 Å². The summed E-state index contributed by atoms with van der Waals surface area (Å²) in [6.45, 7) is 0.438. The maximum Gasteiger partial charge on any atom is 0.190 e. The SMILES string of the molecule is COc1ccc2[nH]c(C3COc4ccccc4O3)nc2c1. The number of methoxy groups -OCH3 is 1. The number of nitrogens with one attached hydrogen (secondary N) is 1. The van der Waals surface area contributed by atoms with E-state index in [-0.39, 0.29) is 6.10 Å². The van der Waals surface area contributed by atoms with Gasteiger partial charge in [-0.2, -0.15) is 0 Å². The largest absolute Gasteiger partial charge is 0.497 e. The Bertz CT molecular complexity index is 797. The fraction of sp³-hybridized carbons (Fsp3) is 0.188. The van der Waals surface area contributed by atoms with Crippen LogP contribution in [0.3, 0.4) is 0 Å². The smallest absolute Gasteiger partial charge is 0.190 e. The van der Waals surface area contributed by atoms with Crippen molar-refractivity contribution in [1.82, 2.24) is 9.97 Å². The van der Waals surface area contributed by atoms with Crippen LogP contribution in [-0.4, -0.2) is 23.7 Å². The fourth-order valence-corrected chi connectivity index (χ4v) is 2.44. The predicted molar refractivity (Wildman–Crippen MR) is 78.0 cm³/mol. The molecule has 1 aliphatic rings. The number of rotatable bonds is 2. The Morgan fingerprint density at radius 2 is 2.05 bits per heavy atom. The molecule has 106 valence electrons. The Hall–Kier alpha value is -2.69. The van der Waals surface area contributed by atoms with Crippen LogP contribution in [0.15, 0.2) is 42.5 Å². The van der Waals surface area contributed by atoms with Crippen molar-refractivity contribution in [2.24, 2.45) is 0 Å². The van der Waals surface area contributed by atoms with Crippen LogP contribution >= 0.6 is 0 Å². The molecule has 1 aromatic heterocycles. The average molecular weight is 282 g/mol. The number of aromatic nitrogens is 2. The van der Waals surface area contributed by atoms with Crippen molar-refractivity contribution in [3.8, 4) is 17.2 Å². The van der Waals surface area contributed by atoms with Crippen LogP contribution in [0, 0.1) is 0 Å². The van der Waals surface area contributed by atoms with Gasteiger partial charge >= 0.3 is 0 Å². The third kappa shape index (κ3) is 2.07. The molecule has 5 nitrogen and oxygen atoms in total. The van der Waals surface area contributed by atoms with Gasteiger partial charge in [0.2, 0.25) is 0 Å². The van der Waals surface area contributed by atoms with Crippen molar-refractivity contribution >= 4 is 11.0 Å². The van der Waals surface area contributed by atoms with E-state index in [1.807, 2.05) is 42.5 Å². The molecule has 0 fully saturated rings. The number of imidazole rings is 1. The molecule has 0 saturated carbocycles. The Morgan fingerprint density at radius 1 is 1.19 bits per heavy atom. The van der Waals surface area contributed by atoms with Crippen LogP contribution in [0.2, 0.25) is 0 Å². The van der Waals surface area contributed by atoms with Crippen molar-refractivity contribution in [2.75, 3.05) is 13.7 Å². The summed E-state index contributed by atoms with van der Waals surface area (Å²) >= 11 is 0. The highest BCUT2D eigenvalue weighted by Crippen LogP contribution is 2.35. The monoisotopic (exact) mass is 282 g/mol. The van der Waals surface area contributed by atoms with E-state index in [0.29, 0.717) is 6.61 Å². The number of fused-ring (bicyclic) bond motifs is 2. The molecule has 5 heteroatoms. The zero-order valence-electron chi connectivity index (χ0n) is 11.5. The molecule has 1 N–H and O–H groups in total. The van der Waals surface area contributed by atoms with Crippen LogP contribution in [0.1, 0.15) is 11.9 Å². The zero-order chi connectivity index (χ0) is 14.2. The van der Waals surface area contributed by atoms with E-state index in [1.54, 1.807) is 7.11 Å². The maximum atomic E-state index is 5.95. The van der Waals surface area contributed by atoms with E-state index < -0.39 is 0 Å². The molecule has 0 aliphatic carbocycles. The summed E-state index contributed by atoms with van der Waals surface area (Å²) in [6, 6.07) is 13.4. The average Bonchev–Trinajstić information content (AvgIpc) is 2.97.